The van der Waals surface area contributed by atoms with Gasteiger partial charge in [-0.2, -0.15) is 5.21 Å². The highest BCUT2D eigenvalue weighted by Crippen LogP contribution is 2.30. The number of benzene rings is 2. The number of aromatic nitrogens is 8. The Bertz CT molecular complexity index is 1480. The van der Waals surface area contributed by atoms with Gasteiger partial charge in [-0.1, -0.05) is 67.4 Å². The molecule has 10 nitrogen and oxygen atoms in total. The molecule has 2 aromatic carbocycles. The number of aryl methyl sites for hydroxylation is 1. The SMILES string of the molecule is CCCCc1nc(N(C)C(=O)C=C(C)C)cn1Cc1ccc(-c2ccccc2-c2nn[nH]n2)cc1.c1c[nH]cn1. The number of unbranched alkanes of at least 4 members (excludes halogenated alkanes) is 1. The topological polar surface area (TPSA) is 121 Å². The Morgan fingerprint density at radius 1 is 1.07 bits per heavy atom. The molecular weight excluding hydrogens is 502 g/mol. The molecule has 0 saturated heterocycles. The largest absolute Gasteiger partial charge is 0.351 e. The lowest BCUT2D eigenvalue weighted by Crippen LogP contribution is -2.24. The highest BCUT2D eigenvalue weighted by Gasteiger charge is 2.16. The smallest absolute Gasteiger partial charge is 0.251 e. The Labute approximate surface area is 234 Å². The van der Waals surface area contributed by atoms with Crippen molar-refractivity contribution < 1.29 is 4.79 Å². The molecule has 0 saturated carbocycles. The summed E-state index contributed by atoms with van der Waals surface area (Å²) in [6, 6.07) is 16.5. The van der Waals surface area contributed by atoms with Crippen LogP contribution in [0.3, 0.4) is 0 Å². The number of imidazole rings is 2. The van der Waals surface area contributed by atoms with Crippen LogP contribution in [0.4, 0.5) is 5.82 Å². The molecule has 0 radical (unpaired) electrons. The second-order valence-electron chi connectivity index (χ2n) is 9.60. The minimum atomic E-state index is -0.0682. The van der Waals surface area contributed by atoms with Crippen molar-refractivity contribution in [2.75, 3.05) is 11.9 Å². The van der Waals surface area contributed by atoms with Crippen molar-refractivity contribution >= 4 is 11.7 Å². The number of H-pyrrole nitrogens is 2. The van der Waals surface area contributed by atoms with Gasteiger partial charge in [0.15, 0.2) is 5.82 Å². The Hall–Kier alpha value is -4.86. The maximum absolute atomic E-state index is 12.5. The van der Waals surface area contributed by atoms with Crippen molar-refractivity contribution in [2.45, 2.75) is 46.6 Å². The van der Waals surface area contributed by atoms with Crippen LogP contribution in [-0.4, -0.2) is 53.1 Å². The van der Waals surface area contributed by atoms with Crippen LogP contribution in [0.1, 0.15) is 45.0 Å². The van der Waals surface area contributed by atoms with Gasteiger partial charge >= 0.3 is 0 Å². The highest BCUT2D eigenvalue weighted by atomic mass is 16.2. The molecule has 1 amide bonds. The number of anilines is 1. The van der Waals surface area contributed by atoms with E-state index in [1.165, 1.54) is 0 Å². The van der Waals surface area contributed by atoms with Crippen molar-refractivity contribution in [3.05, 3.63) is 96.5 Å². The van der Waals surface area contributed by atoms with Gasteiger partial charge in [0.25, 0.3) is 5.91 Å². The molecule has 0 fully saturated rings. The Morgan fingerprint density at radius 3 is 2.45 bits per heavy atom. The molecule has 0 spiro atoms. The number of carbonyl (C=O) groups excluding carboxylic acids is 1. The van der Waals surface area contributed by atoms with E-state index in [0.717, 1.165) is 52.9 Å². The van der Waals surface area contributed by atoms with Crippen LogP contribution in [-0.2, 0) is 17.8 Å². The summed E-state index contributed by atoms with van der Waals surface area (Å²) < 4.78 is 2.15. The van der Waals surface area contributed by atoms with E-state index in [1.54, 1.807) is 36.7 Å². The molecule has 0 bridgehead atoms. The number of rotatable bonds is 9. The molecule has 0 unspecified atom stereocenters. The minimum absolute atomic E-state index is 0.0682. The van der Waals surface area contributed by atoms with Gasteiger partial charge in [-0.05, 0) is 42.2 Å². The lowest BCUT2D eigenvalue weighted by Gasteiger charge is -2.11. The number of tetrazole rings is 1. The first-order valence-electron chi connectivity index (χ1n) is 13.3. The number of hydrogen-bond acceptors (Lipinski definition) is 6. The van der Waals surface area contributed by atoms with Gasteiger partial charge < -0.3 is 9.55 Å². The van der Waals surface area contributed by atoms with Gasteiger partial charge in [-0.15, -0.1) is 10.2 Å². The second kappa shape index (κ2) is 13.8. The van der Waals surface area contributed by atoms with Crippen LogP contribution < -0.4 is 4.90 Å². The first kappa shape index (κ1) is 28.2. The third-order valence-electron chi connectivity index (χ3n) is 6.22. The predicted octanol–water partition coefficient (Wildman–Crippen LogP) is 5.46. The fraction of sp³-hybridized carbons (Fsp3) is 0.267. The molecular formula is C30H35N9O. The predicted molar refractivity (Wildman–Crippen MR) is 156 cm³/mol. The Morgan fingerprint density at radius 2 is 1.85 bits per heavy atom. The number of carbonyl (C=O) groups is 1. The zero-order valence-electron chi connectivity index (χ0n) is 23.4. The van der Waals surface area contributed by atoms with E-state index in [2.05, 4.69) is 72.4 Å². The molecule has 5 aromatic rings. The molecule has 40 heavy (non-hydrogen) atoms. The molecule has 0 atom stereocenters. The van der Waals surface area contributed by atoms with Crippen LogP contribution in [0, 0.1) is 0 Å². The van der Waals surface area contributed by atoms with Gasteiger partial charge in [0.1, 0.15) is 5.82 Å². The average molecular weight is 538 g/mol. The lowest BCUT2D eigenvalue weighted by molar-refractivity contribution is -0.114. The third-order valence-corrected chi connectivity index (χ3v) is 6.22. The first-order valence-corrected chi connectivity index (χ1v) is 13.3. The summed E-state index contributed by atoms with van der Waals surface area (Å²) in [6.07, 6.45) is 11.7. The maximum atomic E-state index is 12.5. The summed E-state index contributed by atoms with van der Waals surface area (Å²) in [6.45, 7) is 6.69. The van der Waals surface area contributed by atoms with E-state index in [9.17, 15) is 4.79 Å². The van der Waals surface area contributed by atoms with Crippen molar-refractivity contribution in [1.29, 1.82) is 0 Å². The first-order chi connectivity index (χ1) is 19.5. The van der Waals surface area contributed by atoms with E-state index in [0.29, 0.717) is 18.2 Å². The van der Waals surface area contributed by atoms with E-state index >= 15 is 0 Å². The van der Waals surface area contributed by atoms with E-state index in [1.807, 2.05) is 38.2 Å². The summed E-state index contributed by atoms with van der Waals surface area (Å²) in [5.41, 5.74) is 5.19. The van der Waals surface area contributed by atoms with Crippen LogP contribution in [0.2, 0.25) is 0 Å². The molecule has 3 heterocycles. The fourth-order valence-electron chi connectivity index (χ4n) is 4.14. The lowest BCUT2D eigenvalue weighted by atomic mass is 9.98. The molecule has 0 aliphatic carbocycles. The second-order valence-corrected chi connectivity index (χ2v) is 9.60. The van der Waals surface area contributed by atoms with E-state index in [-0.39, 0.29) is 5.91 Å². The molecule has 206 valence electrons. The number of allylic oxidation sites excluding steroid dienone is 1. The minimum Gasteiger partial charge on any atom is -0.351 e. The van der Waals surface area contributed by atoms with Crippen molar-refractivity contribution in [1.82, 2.24) is 40.1 Å². The summed E-state index contributed by atoms with van der Waals surface area (Å²) >= 11 is 0. The summed E-state index contributed by atoms with van der Waals surface area (Å²) in [4.78, 5) is 25.3. The molecule has 0 aliphatic heterocycles. The van der Waals surface area contributed by atoms with Crippen LogP contribution in [0.5, 0.6) is 0 Å². The molecule has 5 rings (SSSR count). The van der Waals surface area contributed by atoms with Crippen molar-refractivity contribution in [2.24, 2.45) is 0 Å². The van der Waals surface area contributed by atoms with E-state index in [4.69, 9.17) is 4.98 Å². The number of amides is 1. The molecule has 10 heteroatoms. The van der Waals surface area contributed by atoms with Crippen LogP contribution >= 0.6 is 0 Å². The Balaban J connectivity index is 0.000000666. The normalized spacial score (nSPS) is 10.5. The third kappa shape index (κ3) is 7.37. The fourth-order valence-corrected chi connectivity index (χ4v) is 4.14. The van der Waals surface area contributed by atoms with E-state index < -0.39 is 0 Å². The molecule has 0 aliphatic rings. The standard InChI is InChI=1S/C27H31N7O.C3H4N2/c1-5-6-11-24-28-25(33(4)26(35)16-19(2)3)18-34(24)17-20-12-14-21(15-13-20)22-9-7-8-10-23(22)27-29-31-32-30-27;1-2-5-3-4-1/h7-10,12-16,18H,5-6,11,17H2,1-4H3,(H,29,30,31,32);1-3H,(H,4,5). The van der Waals surface area contributed by atoms with Gasteiger partial charge in [-0.25, -0.2) is 9.97 Å². The summed E-state index contributed by atoms with van der Waals surface area (Å²) in [5, 5.41) is 14.5. The number of nitrogens with one attached hydrogen (secondary N) is 2. The Kier molecular flexibility index (Phi) is 9.71. The zero-order chi connectivity index (χ0) is 28.3. The van der Waals surface area contributed by atoms with Crippen molar-refractivity contribution in [3.63, 3.8) is 0 Å². The monoisotopic (exact) mass is 537 g/mol. The maximum Gasteiger partial charge on any atom is 0.251 e. The number of likely N-dealkylation sites (N-methyl/N-ethyl adjacent to an activating group) is 1. The van der Waals surface area contributed by atoms with Crippen molar-refractivity contribution in [3.8, 4) is 22.5 Å². The van der Waals surface area contributed by atoms with Crippen LogP contribution in [0.15, 0.2) is 85.1 Å². The van der Waals surface area contributed by atoms with Gasteiger partial charge in [-0.3, -0.25) is 9.69 Å². The summed E-state index contributed by atoms with van der Waals surface area (Å²) in [5.74, 6) is 2.17. The quantitative estimate of drug-likeness (QED) is 0.241. The highest BCUT2D eigenvalue weighted by molar-refractivity contribution is 6.00. The molecule has 2 N–H and O–H groups in total. The molecule has 3 aromatic heterocycles. The van der Waals surface area contributed by atoms with Gasteiger partial charge in [0.05, 0.1) is 6.33 Å². The van der Waals surface area contributed by atoms with Crippen LogP contribution in [0.25, 0.3) is 22.5 Å². The zero-order valence-corrected chi connectivity index (χ0v) is 23.4. The number of aromatic amines is 2. The van der Waals surface area contributed by atoms with Gasteiger partial charge in [0, 0.05) is 50.2 Å². The summed E-state index contributed by atoms with van der Waals surface area (Å²) in [7, 11) is 1.77. The average Bonchev–Trinajstić information content (AvgIpc) is 3.76. The van der Waals surface area contributed by atoms with Gasteiger partial charge in [0.2, 0.25) is 5.82 Å². The number of nitrogens with zero attached hydrogens (tertiary/aromatic N) is 7. The number of hydrogen-bond donors (Lipinski definition) is 2.